The molecule has 1 saturated heterocycles. The molecule has 1 aliphatic rings. The molecule has 148 valence electrons. The molecule has 0 spiro atoms. The van der Waals surface area contributed by atoms with E-state index in [1.54, 1.807) is 11.8 Å². The number of hydrogen-bond acceptors (Lipinski definition) is 6. The Bertz CT molecular complexity index is 1060. The summed E-state index contributed by atoms with van der Waals surface area (Å²) in [5, 5.41) is 7.89. The molecule has 7 heteroatoms. The number of carbonyl (C=O) groups is 1. The normalized spacial score (nSPS) is 17.7. The van der Waals surface area contributed by atoms with Crippen LogP contribution in [-0.4, -0.2) is 40.3 Å². The third-order valence-electron chi connectivity index (χ3n) is 5.06. The summed E-state index contributed by atoms with van der Waals surface area (Å²) in [6, 6.07) is 15.5. The molecule has 3 aromatic rings. The minimum atomic E-state index is -0.353. The van der Waals surface area contributed by atoms with Gasteiger partial charge in [-0.2, -0.15) is 4.98 Å². The van der Waals surface area contributed by atoms with Crippen LogP contribution in [0.15, 0.2) is 58.2 Å². The molecule has 0 aliphatic carbocycles. The van der Waals surface area contributed by atoms with E-state index in [-0.39, 0.29) is 11.9 Å². The Balaban J connectivity index is 1.61. The van der Waals surface area contributed by atoms with Crippen LogP contribution < -0.4 is 0 Å². The molecule has 7 nitrogen and oxygen atoms in total. The van der Waals surface area contributed by atoms with Crippen LogP contribution in [0.1, 0.15) is 40.1 Å². The minimum Gasteiger partial charge on any atom is -0.399 e. The lowest BCUT2D eigenvalue weighted by Crippen LogP contribution is -2.31. The largest absolute Gasteiger partial charge is 0.399 e. The molecule has 0 saturated carbocycles. The van der Waals surface area contributed by atoms with Gasteiger partial charge in [0.15, 0.2) is 5.82 Å². The SMILES string of the molecule is CO/N=C1\CC(c2nc(C)no2)N(C(=O)c2ccc(-c3ccccc3C)cc2)C1. The molecule has 29 heavy (non-hydrogen) atoms. The van der Waals surface area contributed by atoms with E-state index >= 15 is 0 Å². The maximum Gasteiger partial charge on any atom is 0.254 e. The first-order valence-electron chi connectivity index (χ1n) is 9.43. The second-order valence-corrected chi connectivity index (χ2v) is 7.07. The van der Waals surface area contributed by atoms with Crippen LogP contribution >= 0.6 is 0 Å². The Labute approximate surface area is 169 Å². The number of nitrogens with zero attached hydrogens (tertiary/aromatic N) is 4. The first-order valence-corrected chi connectivity index (χ1v) is 9.43. The van der Waals surface area contributed by atoms with Crippen LogP contribution in [0.2, 0.25) is 0 Å². The number of benzene rings is 2. The van der Waals surface area contributed by atoms with E-state index in [0.29, 0.717) is 30.2 Å². The molecule has 4 rings (SSSR count). The summed E-state index contributed by atoms with van der Waals surface area (Å²) < 4.78 is 5.33. The minimum absolute atomic E-state index is 0.108. The number of amides is 1. The first kappa shape index (κ1) is 18.9. The molecule has 0 bridgehead atoms. The van der Waals surface area contributed by atoms with Crippen molar-refractivity contribution in [3.8, 4) is 11.1 Å². The lowest BCUT2D eigenvalue weighted by atomic mass is 9.99. The lowest BCUT2D eigenvalue weighted by Gasteiger charge is -2.21. The van der Waals surface area contributed by atoms with Crippen molar-refractivity contribution in [2.75, 3.05) is 13.7 Å². The van der Waals surface area contributed by atoms with Gasteiger partial charge >= 0.3 is 0 Å². The Morgan fingerprint density at radius 3 is 2.59 bits per heavy atom. The van der Waals surface area contributed by atoms with Gasteiger partial charge in [-0.3, -0.25) is 4.79 Å². The van der Waals surface area contributed by atoms with Crippen molar-refractivity contribution in [1.82, 2.24) is 15.0 Å². The van der Waals surface area contributed by atoms with E-state index in [0.717, 1.165) is 16.8 Å². The number of rotatable bonds is 4. The quantitative estimate of drug-likeness (QED) is 0.630. The molecule has 2 heterocycles. The van der Waals surface area contributed by atoms with Crippen LogP contribution in [0.3, 0.4) is 0 Å². The fourth-order valence-electron chi connectivity index (χ4n) is 3.64. The number of hydrogen-bond donors (Lipinski definition) is 0. The van der Waals surface area contributed by atoms with Crippen LogP contribution in [0.25, 0.3) is 11.1 Å². The fraction of sp³-hybridized carbons (Fsp3) is 0.273. The molecule has 0 N–H and O–H groups in total. The molecular weight excluding hydrogens is 368 g/mol. The monoisotopic (exact) mass is 390 g/mol. The van der Waals surface area contributed by atoms with Crippen molar-refractivity contribution < 1.29 is 14.2 Å². The number of aryl methyl sites for hydroxylation is 2. The molecule has 1 amide bonds. The van der Waals surface area contributed by atoms with Crippen LogP contribution in [0.5, 0.6) is 0 Å². The van der Waals surface area contributed by atoms with Crippen molar-refractivity contribution in [3.63, 3.8) is 0 Å². The number of oxime groups is 1. The molecule has 1 aromatic heterocycles. The molecule has 1 unspecified atom stereocenters. The maximum atomic E-state index is 13.2. The Morgan fingerprint density at radius 1 is 1.17 bits per heavy atom. The van der Waals surface area contributed by atoms with E-state index in [4.69, 9.17) is 9.36 Å². The van der Waals surface area contributed by atoms with Crippen molar-refractivity contribution in [2.24, 2.45) is 5.16 Å². The summed E-state index contributed by atoms with van der Waals surface area (Å²) in [6.07, 6.45) is 0.502. The van der Waals surface area contributed by atoms with Crippen LogP contribution in [0, 0.1) is 13.8 Å². The highest BCUT2D eigenvalue weighted by atomic mass is 16.6. The molecule has 1 atom stereocenters. The lowest BCUT2D eigenvalue weighted by molar-refractivity contribution is 0.0713. The smallest absolute Gasteiger partial charge is 0.254 e. The second kappa shape index (κ2) is 7.87. The van der Waals surface area contributed by atoms with Gasteiger partial charge in [-0.15, -0.1) is 0 Å². The summed E-state index contributed by atoms with van der Waals surface area (Å²) in [5.41, 5.74) is 4.78. The standard InChI is InChI=1S/C22H22N4O3/c1-14-6-4-5-7-19(14)16-8-10-17(11-9-16)22(27)26-13-18(25-28-3)12-20(26)21-23-15(2)24-29-21/h4-11,20H,12-13H2,1-3H3/b25-18+. The van der Waals surface area contributed by atoms with E-state index < -0.39 is 0 Å². The topological polar surface area (TPSA) is 80.8 Å². The second-order valence-electron chi connectivity index (χ2n) is 7.07. The Hall–Kier alpha value is -3.48. The van der Waals surface area contributed by atoms with Gasteiger partial charge in [0.1, 0.15) is 13.2 Å². The zero-order valence-electron chi connectivity index (χ0n) is 16.6. The summed E-state index contributed by atoms with van der Waals surface area (Å²) in [5.74, 6) is 0.837. The zero-order chi connectivity index (χ0) is 20.4. The fourth-order valence-corrected chi connectivity index (χ4v) is 3.64. The molecule has 1 fully saturated rings. The average molecular weight is 390 g/mol. The maximum absolute atomic E-state index is 13.2. The van der Waals surface area contributed by atoms with Gasteiger partial charge in [0.25, 0.3) is 5.91 Å². The van der Waals surface area contributed by atoms with Crippen molar-refractivity contribution in [1.29, 1.82) is 0 Å². The van der Waals surface area contributed by atoms with E-state index in [1.807, 2.05) is 36.4 Å². The van der Waals surface area contributed by atoms with Crippen LogP contribution in [0.4, 0.5) is 0 Å². The summed E-state index contributed by atoms with van der Waals surface area (Å²) in [4.78, 5) is 24.2. The first-order chi connectivity index (χ1) is 14.1. The highest BCUT2D eigenvalue weighted by Gasteiger charge is 2.38. The molecule has 0 radical (unpaired) electrons. The summed E-state index contributed by atoms with van der Waals surface area (Å²) >= 11 is 0. The summed E-state index contributed by atoms with van der Waals surface area (Å²) in [6.45, 7) is 4.19. The van der Waals surface area contributed by atoms with Gasteiger partial charge in [-0.25, -0.2) is 0 Å². The molecular formula is C22H22N4O3. The van der Waals surface area contributed by atoms with Gasteiger partial charge in [0.2, 0.25) is 5.89 Å². The summed E-state index contributed by atoms with van der Waals surface area (Å²) in [7, 11) is 1.49. The number of likely N-dealkylation sites (tertiary alicyclic amines) is 1. The Morgan fingerprint density at radius 2 is 1.93 bits per heavy atom. The highest BCUT2D eigenvalue weighted by Crippen LogP contribution is 2.32. The number of aromatic nitrogens is 2. The Kier molecular flexibility index (Phi) is 5.12. The average Bonchev–Trinajstić information content (AvgIpc) is 3.34. The van der Waals surface area contributed by atoms with Crippen molar-refractivity contribution >= 4 is 11.6 Å². The predicted molar refractivity (Wildman–Crippen MR) is 108 cm³/mol. The molecule has 1 aliphatic heterocycles. The van der Waals surface area contributed by atoms with Gasteiger partial charge in [-0.05, 0) is 42.7 Å². The van der Waals surface area contributed by atoms with E-state index in [1.165, 1.54) is 12.7 Å². The molecule has 2 aromatic carbocycles. The third kappa shape index (κ3) is 3.76. The zero-order valence-corrected chi connectivity index (χ0v) is 16.6. The van der Waals surface area contributed by atoms with Crippen molar-refractivity contribution in [2.45, 2.75) is 26.3 Å². The predicted octanol–water partition coefficient (Wildman–Crippen LogP) is 3.94. The van der Waals surface area contributed by atoms with Gasteiger partial charge in [-0.1, -0.05) is 46.7 Å². The van der Waals surface area contributed by atoms with Crippen LogP contribution in [-0.2, 0) is 4.84 Å². The van der Waals surface area contributed by atoms with Gasteiger partial charge in [0, 0.05) is 12.0 Å². The van der Waals surface area contributed by atoms with Gasteiger partial charge in [0.05, 0.1) is 12.3 Å². The van der Waals surface area contributed by atoms with Crippen molar-refractivity contribution in [3.05, 3.63) is 71.4 Å². The highest BCUT2D eigenvalue weighted by molar-refractivity contribution is 6.00. The van der Waals surface area contributed by atoms with E-state index in [9.17, 15) is 4.79 Å². The number of carbonyl (C=O) groups excluding carboxylic acids is 1. The third-order valence-corrected chi connectivity index (χ3v) is 5.06. The van der Waals surface area contributed by atoms with E-state index in [2.05, 4.69) is 34.4 Å². The van der Waals surface area contributed by atoms with Gasteiger partial charge < -0.3 is 14.3 Å².